The molecule has 0 fully saturated rings. The molecule has 0 unspecified atom stereocenters. The van der Waals surface area contributed by atoms with Gasteiger partial charge >= 0.3 is 0 Å². The first-order chi connectivity index (χ1) is 6.36. The van der Waals surface area contributed by atoms with E-state index in [0.717, 1.165) is 22.2 Å². The van der Waals surface area contributed by atoms with Crippen LogP contribution in [0.1, 0.15) is 16.1 Å². The van der Waals surface area contributed by atoms with E-state index in [4.69, 9.17) is 0 Å². The Morgan fingerprint density at radius 1 is 1.23 bits per heavy atom. The monoisotopic (exact) mass is 172 g/mol. The van der Waals surface area contributed by atoms with Crippen LogP contribution >= 0.6 is 0 Å². The minimum atomic E-state index is 0.00574. The minimum Gasteiger partial charge on any atom is -0.350 e. The van der Waals surface area contributed by atoms with Gasteiger partial charge in [-0.25, -0.2) is 0 Å². The van der Waals surface area contributed by atoms with Crippen LogP contribution in [0.3, 0.4) is 0 Å². The number of aromatic nitrogens is 1. The van der Waals surface area contributed by atoms with E-state index in [1.165, 1.54) is 0 Å². The Morgan fingerprint density at radius 2 is 2.08 bits per heavy atom. The average molecular weight is 172 g/mol. The number of fused-ring (bicyclic) bond motifs is 3. The number of hydrogen-bond acceptors (Lipinski definition) is 1. The second-order valence-electron chi connectivity index (χ2n) is 3.21. The lowest BCUT2D eigenvalue weighted by Gasteiger charge is -1.92. The van der Waals surface area contributed by atoms with Crippen molar-refractivity contribution in [1.29, 1.82) is 0 Å². The van der Waals surface area contributed by atoms with Crippen LogP contribution in [0.15, 0.2) is 24.3 Å². The summed E-state index contributed by atoms with van der Waals surface area (Å²) in [6.07, 6.45) is 0. The molecule has 2 N–H and O–H groups in total. The maximum Gasteiger partial charge on any atom is 0.268 e. The molecule has 0 aliphatic carbocycles. The normalized spacial score (nSPS) is 14.6. The van der Waals surface area contributed by atoms with Crippen LogP contribution in [0.25, 0.3) is 10.9 Å². The van der Waals surface area contributed by atoms with Gasteiger partial charge in [0.1, 0.15) is 5.69 Å². The summed E-state index contributed by atoms with van der Waals surface area (Å²) >= 11 is 0. The van der Waals surface area contributed by atoms with Crippen molar-refractivity contribution in [3.05, 3.63) is 35.5 Å². The number of amides is 1. The number of para-hydroxylation sites is 1. The number of aromatic amines is 1. The largest absolute Gasteiger partial charge is 0.350 e. The molecule has 64 valence electrons. The fourth-order valence-electron chi connectivity index (χ4n) is 1.83. The Kier molecular flexibility index (Phi) is 1.10. The standard InChI is InChI=1S/C10H8N2O/c13-10-9-7(5-11-10)6-3-1-2-4-8(6)12-9/h1-4,12H,5H2,(H,11,13). The highest BCUT2D eigenvalue weighted by Crippen LogP contribution is 2.25. The van der Waals surface area contributed by atoms with Crippen molar-refractivity contribution >= 4 is 16.8 Å². The molecule has 0 spiro atoms. The first-order valence-electron chi connectivity index (χ1n) is 4.24. The molecule has 13 heavy (non-hydrogen) atoms. The smallest absolute Gasteiger partial charge is 0.268 e. The highest BCUT2D eigenvalue weighted by molar-refractivity contribution is 6.03. The second kappa shape index (κ2) is 2.13. The summed E-state index contributed by atoms with van der Waals surface area (Å²) in [6.45, 7) is 0.651. The number of hydrogen-bond donors (Lipinski definition) is 2. The van der Waals surface area contributed by atoms with Crippen LogP contribution in [0, 0.1) is 0 Å². The van der Waals surface area contributed by atoms with Crippen molar-refractivity contribution in [1.82, 2.24) is 10.3 Å². The summed E-state index contributed by atoms with van der Waals surface area (Å²) in [5, 5.41) is 3.94. The summed E-state index contributed by atoms with van der Waals surface area (Å²) in [6, 6.07) is 7.97. The van der Waals surface area contributed by atoms with Gasteiger partial charge in [-0.1, -0.05) is 18.2 Å². The van der Waals surface area contributed by atoms with Crippen molar-refractivity contribution in [3.8, 4) is 0 Å². The summed E-state index contributed by atoms with van der Waals surface area (Å²) in [4.78, 5) is 14.4. The quantitative estimate of drug-likeness (QED) is 0.620. The zero-order valence-electron chi connectivity index (χ0n) is 6.92. The van der Waals surface area contributed by atoms with Crippen LogP contribution in [0.5, 0.6) is 0 Å². The fraction of sp³-hybridized carbons (Fsp3) is 0.100. The number of nitrogens with one attached hydrogen (secondary N) is 2. The summed E-state index contributed by atoms with van der Waals surface area (Å²) < 4.78 is 0. The number of rotatable bonds is 0. The van der Waals surface area contributed by atoms with Crippen molar-refractivity contribution < 1.29 is 4.79 Å². The van der Waals surface area contributed by atoms with E-state index in [1.807, 2.05) is 24.3 Å². The van der Waals surface area contributed by atoms with Crippen LogP contribution in [-0.2, 0) is 6.54 Å². The predicted octanol–water partition coefficient (Wildman–Crippen LogP) is 1.41. The third-order valence-electron chi connectivity index (χ3n) is 2.47. The van der Waals surface area contributed by atoms with Crippen molar-refractivity contribution in [3.63, 3.8) is 0 Å². The third-order valence-corrected chi connectivity index (χ3v) is 2.47. The van der Waals surface area contributed by atoms with E-state index in [1.54, 1.807) is 0 Å². The Morgan fingerprint density at radius 3 is 3.00 bits per heavy atom. The molecule has 3 heteroatoms. The molecule has 3 rings (SSSR count). The first-order valence-corrected chi connectivity index (χ1v) is 4.24. The van der Waals surface area contributed by atoms with E-state index in [-0.39, 0.29) is 5.91 Å². The maximum absolute atomic E-state index is 11.3. The molecule has 1 aliphatic heterocycles. The molecule has 0 radical (unpaired) electrons. The zero-order valence-corrected chi connectivity index (χ0v) is 6.92. The van der Waals surface area contributed by atoms with Crippen LogP contribution < -0.4 is 5.32 Å². The molecular formula is C10H8N2O. The van der Waals surface area contributed by atoms with E-state index < -0.39 is 0 Å². The highest BCUT2D eigenvalue weighted by Gasteiger charge is 2.22. The molecule has 0 saturated heterocycles. The highest BCUT2D eigenvalue weighted by atomic mass is 16.2. The molecule has 0 saturated carbocycles. The van der Waals surface area contributed by atoms with Gasteiger partial charge in [-0.15, -0.1) is 0 Å². The van der Waals surface area contributed by atoms with Gasteiger partial charge in [0.05, 0.1) is 0 Å². The third kappa shape index (κ3) is 0.758. The van der Waals surface area contributed by atoms with E-state index in [9.17, 15) is 4.79 Å². The van der Waals surface area contributed by atoms with Gasteiger partial charge < -0.3 is 10.3 Å². The Hall–Kier alpha value is -1.77. The summed E-state index contributed by atoms with van der Waals surface area (Å²) in [7, 11) is 0. The molecule has 1 aliphatic rings. The second-order valence-corrected chi connectivity index (χ2v) is 3.21. The van der Waals surface area contributed by atoms with Gasteiger partial charge in [-0.05, 0) is 6.07 Å². The fourth-order valence-corrected chi connectivity index (χ4v) is 1.83. The summed E-state index contributed by atoms with van der Waals surface area (Å²) in [5.41, 5.74) is 2.86. The summed E-state index contributed by atoms with van der Waals surface area (Å²) in [5.74, 6) is 0.00574. The molecular weight excluding hydrogens is 164 g/mol. The first kappa shape index (κ1) is 6.71. The van der Waals surface area contributed by atoms with Crippen LogP contribution in [-0.4, -0.2) is 10.9 Å². The zero-order chi connectivity index (χ0) is 8.84. The van der Waals surface area contributed by atoms with Crippen molar-refractivity contribution in [2.24, 2.45) is 0 Å². The molecule has 2 aromatic rings. The Balaban J connectivity index is 2.44. The molecule has 2 heterocycles. The number of carbonyl (C=O) groups excluding carboxylic acids is 1. The Labute approximate surface area is 74.8 Å². The minimum absolute atomic E-state index is 0.00574. The lowest BCUT2D eigenvalue weighted by molar-refractivity contribution is 0.0962. The van der Waals surface area contributed by atoms with Gasteiger partial charge in [-0.2, -0.15) is 0 Å². The number of benzene rings is 1. The van der Waals surface area contributed by atoms with Gasteiger partial charge in [0.2, 0.25) is 0 Å². The van der Waals surface area contributed by atoms with Crippen molar-refractivity contribution in [2.45, 2.75) is 6.54 Å². The molecule has 0 bridgehead atoms. The van der Waals surface area contributed by atoms with Gasteiger partial charge in [0, 0.05) is 23.0 Å². The lowest BCUT2D eigenvalue weighted by Crippen LogP contribution is -2.13. The maximum atomic E-state index is 11.3. The number of carbonyl (C=O) groups is 1. The topological polar surface area (TPSA) is 44.9 Å². The van der Waals surface area contributed by atoms with E-state index in [0.29, 0.717) is 6.54 Å². The molecule has 1 aromatic carbocycles. The van der Waals surface area contributed by atoms with Gasteiger partial charge in [-0.3, -0.25) is 4.79 Å². The van der Waals surface area contributed by atoms with E-state index in [2.05, 4.69) is 10.3 Å². The molecule has 1 amide bonds. The number of H-pyrrole nitrogens is 1. The predicted molar refractivity (Wildman–Crippen MR) is 49.5 cm³/mol. The van der Waals surface area contributed by atoms with Gasteiger partial charge in [0.25, 0.3) is 5.91 Å². The lowest BCUT2D eigenvalue weighted by atomic mass is 10.1. The average Bonchev–Trinajstić information content (AvgIpc) is 2.67. The molecule has 1 aromatic heterocycles. The van der Waals surface area contributed by atoms with E-state index >= 15 is 0 Å². The molecule has 0 atom stereocenters. The SMILES string of the molecule is O=C1NCc2c1[nH]c1ccccc21. The van der Waals surface area contributed by atoms with Crippen molar-refractivity contribution in [2.75, 3.05) is 0 Å². The van der Waals surface area contributed by atoms with Crippen LogP contribution in [0.2, 0.25) is 0 Å². The van der Waals surface area contributed by atoms with Crippen LogP contribution in [0.4, 0.5) is 0 Å². The molecule has 3 nitrogen and oxygen atoms in total. The van der Waals surface area contributed by atoms with Gasteiger partial charge in [0.15, 0.2) is 0 Å². The Bertz CT molecular complexity index is 499.